The molecule has 0 spiro atoms. The number of hydrogen-bond donors (Lipinski definition) is 1. The molecule has 0 saturated heterocycles. The van der Waals surface area contributed by atoms with Crippen molar-refractivity contribution < 1.29 is 4.42 Å². The third-order valence-electron chi connectivity index (χ3n) is 2.90. The normalized spacial score (nSPS) is 12.6. The molecule has 90 valence electrons. The molecule has 0 aliphatic carbocycles. The van der Waals surface area contributed by atoms with Crippen LogP contribution in [0.3, 0.4) is 0 Å². The number of nitrogens with one attached hydrogen (secondary N) is 1. The van der Waals surface area contributed by atoms with Gasteiger partial charge < -0.3 is 9.73 Å². The Morgan fingerprint density at radius 3 is 2.88 bits per heavy atom. The number of aryl methyl sites for hydroxylation is 1. The van der Waals surface area contributed by atoms with Crippen LogP contribution >= 0.6 is 0 Å². The molecule has 1 N–H and O–H groups in total. The molecule has 0 aliphatic rings. The molecule has 0 bridgehead atoms. The average Bonchev–Trinajstić information content (AvgIpc) is 2.82. The van der Waals surface area contributed by atoms with Crippen molar-refractivity contribution in [3.8, 4) is 0 Å². The average molecular weight is 230 g/mol. The van der Waals surface area contributed by atoms with E-state index < -0.39 is 0 Å². The maximum Gasteiger partial charge on any atom is 0.180 e. The molecule has 17 heavy (non-hydrogen) atoms. The molecule has 0 fully saturated rings. The number of hydrogen-bond acceptors (Lipinski definition) is 3. The fourth-order valence-corrected chi connectivity index (χ4v) is 1.85. The summed E-state index contributed by atoms with van der Waals surface area (Å²) in [5.41, 5.74) is 2.74. The molecule has 3 nitrogen and oxygen atoms in total. The van der Waals surface area contributed by atoms with E-state index in [1.54, 1.807) is 6.20 Å². The van der Waals surface area contributed by atoms with Gasteiger partial charge >= 0.3 is 0 Å². The van der Waals surface area contributed by atoms with Crippen molar-refractivity contribution in [3.63, 3.8) is 0 Å². The van der Waals surface area contributed by atoms with Crippen molar-refractivity contribution in [3.05, 3.63) is 53.7 Å². The molecule has 2 rings (SSSR count). The summed E-state index contributed by atoms with van der Waals surface area (Å²) in [5.74, 6) is 0.877. The van der Waals surface area contributed by atoms with Crippen LogP contribution in [-0.2, 0) is 13.0 Å². The predicted octanol–water partition coefficient (Wildman–Crippen LogP) is 2.70. The minimum atomic E-state index is 0.418. The third-order valence-corrected chi connectivity index (χ3v) is 2.90. The lowest BCUT2D eigenvalue weighted by Crippen LogP contribution is -2.27. The largest absolute Gasteiger partial charge is 0.447 e. The Hall–Kier alpha value is -1.61. The molecular weight excluding hydrogens is 212 g/mol. The van der Waals surface area contributed by atoms with Gasteiger partial charge in [0.2, 0.25) is 0 Å². The van der Waals surface area contributed by atoms with E-state index in [4.69, 9.17) is 4.42 Å². The van der Waals surface area contributed by atoms with E-state index >= 15 is 0 Å². The predicted molar refractivity (Wildman–Crippen MR) is 67.7 cm³/mol. The van der Waals surface area contributed by atoms with E-state index in [1.165, 1.54) is 17.5 Å². The quantitative estimate of drug-likeness (QED) is 0.858. The molecule has 1 unspecified atom stereocenters. The maximum atomic E-state index is 5.18. The smallest absolute Gasteiger partial charge is 0.180 e. The second-order valence-corrected chi connectivity index (χ2v) is 4.38. The van der Waals surface area contributed by atoms with Crippen molar-refractivity contribution in [2.45, 2.75) is 32.9 Å². The maximum absolute atomic E-state index is 5.18. The SMILES string of the molecule is Cc1ccccc1CC(C)NCc1cnco1. The Labute approximate surface area is 102 Å². The Morgan fingerprint density at radius 1 is 1.35 bits per heavy atom. The molecular formula is C14H18N2O. The standard InChI is InChI=1S/C14H18N2O/c1-11-5-3-4-6-13(11)7-12(2)16-9-14-8-15-10-17-14/h3-6,8,10,12,16H,7,9H2,1-2H3. The van der Waals surface area contributed by atoms with Crippen LogP contribution in [0.5, 0.6) is 0 Å². The zero-order valence-corrected chi connectivity index (χ0v) is 10.3. The van der Waals surface area contributed by atoms with Crippen LogP contribution in [-0.4, -0.2) is 11.0 Å². The highest BCUT2D eigenvalue weighted by atomic mass is 16.3. The number of rotatable bonds is 5. The van der Waals surface area contributed by atoms with E-state index in [1.807, 2.05) is 0 Å². The number of oxazole rings is 1. The molecule has 3 heteroatoms. The minimum Gasteiger partial charge on any atom is -0.447 e. The zero-order chi connectivity index (χ0) is 12.1. The molecule has 0 radical (unpaired) electrons. The topological polar surface area (TPSA) is 38.1 Å². The summed E-state index contributed by atoms with van der Waals surface area (Å²) < 4.78 is 5.18. The monoisotopic (exact) mass is 230 g/mol. The molecule has 1 aromatic heterocycles. The van der Waals surface area contributed by atoms with Crippen LogP contribution in [0, 0.1) is 6.92 Å². The van der Waals surface area contributed by atoms with Gasteiger partial charge in [-0.1, -0.05) is 24.3 Å². The van der Waals surface area contributed by atoms with Gasteiger partial charge in [0.1, 0.15) is 5.76 Å². The molecule has 0 saturated carbocycles. The van der Waals surface area contributed by atoms with E-state index in [0.29, 0.717) is 6.04 Å². The highest BCUT2D eigenvalue weighted by Gasteiger charge is 2.06. The molecule has 1 aromatic carbocycles. The molecule has 0 aliphatic heterocycles. The fraction of sp³-hybridized carbons (Fsp3) is 0.357. The first kappa shape index (κ1) is 11.9. The third kappa shape index (κ3) is 3.43. The van der Waals surface area contributed by atoms with Gasteiger partial charge in [-0.2, -0.15) is 0 Å². The van der Waals surface area contributed by atoms with E-state index in [0.717, 1.165) is 18.7 Å². The van der Waals surface area contributed by atoms with Crippen LogP contribution in [0.1, 0.15) is 23.8 Å². The van der Waals surface area contributed by atoms with Crippen molar-refractivity contribution in [1.82, 2.24) is 10.3 Å². The van der Waals surface area contributed by atoms with E-state index in [9.17, 15) is 0 Å². The molecule has 0 amide bonds. The lowest BCUT2D eigenvalue weighted by molar-refractivity contribution is 0.451. The first-order valence-electron chi connectivity index (χ1n) is 5.91. The fourth-order valence-electron chi connectivity index (χ4n) is 1.85. The van der Waals surface area contributed by atoms with Gasteiger partial charge in [-0.05, 0) is 31.4 Å². The van der Waals surface area contributed by atoms with Gasteiger partial charge in [0, 0.05) is 6.04 Å². The highest BCUT2D eigenvalue weighted by molar-refractivity contribution is 5.26. The summed E-state index contributed by atoms with van der Waals surface area (Å²) in [4.78, 5) is 3.89. The van der Waals surface area contributed by atoms with Gasteiger partial charge in [0.15, 0.2) is 6.39 Å². The summed E-state index contributed by atoms with van der Waals surface area (Å²) in [6.45, 7) is 5.06. The summed E-state index contributed by atoms with van der Waals surface area (Å²) >= 11 is 0. The van der Waals surface area contributed by atoms with Gasteiger partial charge in [-0.3, -0.25) is 0 Å². The van der Waals surface area contributed by atoms with Crippen LogP contribution in [0.2, 0.25) is 0 Å². The first-order chi connectivity index (χ1) is 8.25. The second kappa shape index (κ2) is 5.64. The minimum absolute atomic E-state index is 0.418. The van der Waals surface area contributed by atoms with Crippen molar-refractivity contribution >= 4 is 0 Å². The molecule has 1 atom stereocenters. The van der Waals surface area contributed by atoms with Crippen molar-refractivity contribution in [1.29, 1.82) is 0 Å². The van der Waals surface area contributed by atoms with Crippen molar-refractivity contribution in [2.24, 2.45) is 0 Å². The van der Waals surface area contributed by atoms with E-state index in [-0.39, 0.29) is 0 Å². The van der Waals surface area contributed by atoms with E-state index in [2.05, 4.69) is 48.4 Å². The summed E-state index contributed by atoms with van der Waals surface area (Å²) in [6.07, 6.45) is 4.23. The Bertz CT molecular complexity index is 451. The van der Waals surface area contributed by atoms with Crippen LogP contribution in [0.15, 0.2) is 41.3 Å². The summed E-state index contributed by atoms with van der Waals surface area (Å²) in [5, 5.41) is 3.43. The summed E-state index contributed by atoms with van der Waals surface area (Å²) in [7, 11) is 0. The lowest BCUT2D eigenvalue weighted by Gasteiger charge is -2.14. The van der Waals surface area contributed by atoms with Gasteiger partial charge in [0.05, 0.1) is 12.7 Å². The highest BCUT2D eigenvalue weighted by Crippen LogP contribution is 2.10. The van der Waals surface area contributed by atoms with Gasteiger partial charge in [-0.25, -0.2) is 4.98 Å². The number of aromatic nitrogens is 1. The second-order valence-electron chi connectivity index (χ2n) is 4.38. The Balaban J connectivity index is 1.85. The summed E-state index contributed by atoms with van der Waals surface area (Å²) in [6, 6.07) is 8.92. The Morgan fingerprint density at radius 2 is 2.18 bits per heavy atom. The van der Waals surface area contributed by atoms with Gasteiger partial charge in [-0.15, -0.1) is 0 Å². The lowest BCUT2D eigenvalue weighted by atomic mass is 10.0. The van der Waals surface area contributed by atoms with Crippen LogP contribution < -0.4 is 5.32 Å². The molecule has 2 aromatic rings. The van der Waals surface area contributed by atoms with Crippen LogP contribution in [0.4, 0.5) is 0 Å². The zero-order valence-electron chi connectivity index (χ0n) is 10.3. The van der Waals surface area contributed by atoms with Crippen molar-refractivity contribution in [2.75, 3.05) is 0 Å². The molecule has 1 heterocycles. The Kier molecular flexibility index (Phi) is 3.94. The van der Waals surface area contributed by atoms with Gasteiger partial charge in [0.25, 0.3) is 0 Å². The van der Waals surface area contributed by atoms with Crippen LogP contribution in [0.25, 0.3) is 0 Å². The number of nitrogens with zero attached hydrogens (tertiary/aromatic N) is 1. The number of benzene rings is 1. The first-order valence-corrected chi connectivity index (χ1v) is 5.91.